The molecule has 22 heavy (non-hydrogen) atoms. The van der Waals surface area contributed by atoms with Crippen LogP contribution in [-0.4, -0.2) is 58.7 Å². The first kappa shape index (κ1) is 30.8. The molecule has 0 fully saturated rings. The predicted octanol–water partition coefficient (Wildman–Crippen LogP) is -0.523. The van der Waals surface area contributed by atoms with Gasteiger partial charge in [-0.05, 0) is 20.8 Å². The van der Waals surface area contributed by atoms with E-state index in [0.29, 0.717) is 0 Å². The van der Waals surface area contributed by atoms with E-state index in [1.165, 1.54) is 20.8 Å². The van der Waals surface area contributed by atoms with Crippen molar-refractivity contribution >= 4 is 31.2 Å². The molecule has 16 heteroatoms. The quantitative estimate of drug-likeness (QED) is 0.381. The maximum Gasteiger partial charge on any atom is 0.397 e. The van der Waals surface area contributed by atoms with E-state index in [-0.39, 0.29) is 61.1 Å². The van der Waals surface area contributed by atoms with Crippen LogP contribution in [0, 0.1) is 41.3 Å². The van der Waals surface area contributed by atoms with Crippen molar-refractivity contribution in [2.75, 3.05) is 19.8 Å². The first-order valence-electron chi connectivity index (χ1n) is 5.04. The fourth-order valence-electron chi connectivity index (χ4n) is 0.447. The standard InChI is InChI=1S/3C2H6O4S.Pr/c3*1-2-6-7(3,4)5;/h3*2H2,1H3,(H,3,4,5);. The fraction of sp³-hybridized carbons (Fsp3) is 1.00. The second kappa shape index (κ2) is 15.5. The molecule has 0 aliphatic rings. The van der Waals surface area contributed by atoms with Gasteiger partial charge in [-0.2, -0.15) is 25.3 Å². The van der Waals surface area contributed by atoms with Gasteiger partial charge in [0.15, 0.2) is 0 Å². The van der Waals surface area contributed by atoms with Crippen molar-refractivity contribution in [2.45, 2.75) is 20.8 Å². The van der Waals surface area contributed by atoms with Gasteiger partial charge in [0.1, 0.15) is 0 Å². The van der Waals surface area contributed by atoms with E-state index in [4.69, 9.17) is 13.7 Å². The summed E-state index contributed by atoms with van der Waals surface area (Å²) in [6.07, 6.45) is 0. The third-order valence-electron chi connectivity index (χ3n) is 0.800. The van der Waals surface area contributed by atoms with Crippen LogP contribution in [0.25, 0.3) is 0 Å². The van der Waals surface area contributed by atoms with Crippen LogP contribution in [0.3, 0.4) is 0 Å². The van der Waals surface area contributed by atoms with Crippen LogP contribution < -0.4 is 0 Å². The molecule has 0 aromatic carbocycles. The molecule has 0 aliphatic heterocycles. The molecule has 135 valence electrons. The average Bonchev–Trinajstić information content (AvgIpc) is 2.12. The van der Waals surface area contributed by atoms with Gasteiger partial charge >= 0.3 is 31.2 Å². The topological polar surface area (TPSA) is 191 Å². The van der Waals surface area contributed by atoms with Gasteiger partial charge in [0.2, 0.25) is 0 Å². The van der Waals surface area contributed by atoms with Crippen molar-refractivity contribution in [2.24, 2.45) is 0 Å². The summed E-state index contributed by atoms with van der Waals surface area (Å²) in [7, 11) is -12.5. The number of hydrogen-bond acceptors (Lipinski definition) is 9. The van der Waals surface area contributed by atoms with Gasteiger partial charge < -0.3 is 0 Å². The molecule has 3 N–H and O–H groups in total. The van der Waals surface area contributed by atoms with Crippen LogP contribution in [0.1, 0.15) is 20.8 Å². The van der Waals surface area contributed by atoms with Gasteiger partial charge in [-0.1, -0.05) is 0 Å². The first-order valence-corrected chi connectivity index (χ1v) is 9.13. The Morgan fingerprint density at radius 2 is 0.727 bits per heavy atom. The SMILES string of the molecule is CCOS(=O)(=O)O.CCOS(=O)(=O)O.CCOS(=O)(=O)O.[Pr]. The van der Waals surface area contributed by atoms with Gasteiger partial charge in [-0.25, -0.2) is 12.5 Å². The minimum atomic E-state index is -4.17. The van der Waals surface area contributed by atoms with Gasteiger partial charge in [-0.15, -0.1) is 0 Å². The molecular formula is C6H18O12PrS3. The summed E-state index contributed by atoms with van der Waals surface area (Å²) in [6.45, 7) is 4.31. The zero-order chi connectivity index (χ0) is 17.7. The van der Waals surface area contributed by atoms with Crippen LogP contribution in [0.5, 0.6) is 0 Å². The van der Waals surface area contributed by atoms with Crippen molar-refractivity contribution in [1.82, 2.24) is 0 Å². The molecule has 0 rings (SSSR count). The normalized spacial score (nSPS) is 11.2. The molecule has 0 heterocycles. The summed E-state index contributed by atoms with van der Waals surface area (Å²) in [5.74, 6) is 0. The van der Waals surface area contributed by atoms with Crippen LogP contribution in [0.4, 0.5) is 0 Å². The zero-order valence-electron chi connectivity index (χ0n) is 11.9. The second-order valence-corrected chi connectivity index (χ2v) is 5.78. The molecule has 0 saturated carbocycles. The Morgan fingerprint density at radius 1 is 0.591 bits per heavy atom. The molecule has 0 aliphatic carbocycles. The van der Waals surface area contributed by atoms with Gasteiger partial charge in [-0.3, -0.25) is 13.7 Å². The van der Waals surface area contributed by atoms with E-state index >= 15 is 0 Å². The smallest absolute Gasteiger partial charge is 0.264 e. The Bertz CT molecular complexity index is 455. The molecule has 0 atom stereocenters. The van der Waals surface area contributed by atoms with Crippen molar-refractivity contribution in [3.05, 3.63) is 0 Å². The summed E-state index contributed by atoms with van der Waals surface area (Å²) in [5.41, 5.74) is 0. The number of hydrogen-bond donors (Lipinski definition) is 3. The Kier molecular flexibility index (Phi) is 21.7. The zero-order valence-corrected chi connectivity index (χ0v) is 18.1. The van der Waals surface area contributed by atoms with Crippen molar-refractivity contribution in [1.29, 1.82) is 0 Å². The Hall–Kier alpha value is 0.974. The summed E-state index contributed by atoms with van der Waals surface area (Å²) in [6, 6.07) is 0. The molecule has 0 amide bonds. The molecular weight excluding hydrogens is 501 g/mol. The average molecular weight is 519 g/mol. The predicted molar refractivity (Wildman–Crippen MR) is 69.5 cm³/mol. The third-order valence-corrected chi connectivity index (χ3v) is 2.40. The van der Waals surface area contributed by atoms with Gasteiger partial charge in [0, 0.05) is 41.3 Å². The summed E-state index contributed by atoms with van der Waals surface area (Å²) in [5, 5.41) is 0. The van der Waals surface area contributed by atoms with E-state index in [9.17, 15) is 25.3 Å². The molecule has 0 unspecified atom stereocenters. The van der Waals surface area contributed by atoms with Crippen molar-refractivity contribution in [3.63, 3.8) is 0 Å². The van der Waals surface area contributed by atoms with E-state index < -0.39 is 31.2 Å². The van der Waals surface area contributed by atoms with Crippen LogP contribution in [-0.2, 0) is 43.7 Å². The summed E-state index contributed by atoms with van der Waals surface area (Å²) in [4.78, 5) is 0. The Morgan fingerprint density at radius 3 is 0.727 bits per heavy atom. The van der Waals surface area contributed by atoms with E-state index in [2.05, 4.69) is 12.5 Å². The summed E-state index contributed by atoms with van der Waals surface area (Å²) >= 11 is 0. The van der Waals surface area contributed by atoms with Crippen LogP contribution >= 0.6 is 0 Å². The largest absolute Gasteiger partial charge is 0.397 e. The minimum Gasteiger partial charge on any atom is -0.264 e. The molecule has 1 radical (unpaired) electrons. The van der Waals surface area contributed by atoms with E-state index in [0.717, 1.165) is 0 Å². The molecule has 0 aromatic heterocycles. The Balaban J connectivity index is -0.000000108. The monoisotopic (exact) mass is 519 g/mol. The molecule has 0 saturated heterocycles. The fourth-order valence-corrected chi connectivity index (χ4v) is 1.34. The van der Waals surface area contributed by atoms with Crippen LogP contribution in [0.2, 0.25) is 0 Å². The first-order chi connectivity index (χ1) is 9.18. The van der Waals surface area contributed by atoms with Crippen molar-refractivity contribution < 1.29 is 92.8 Å². The maximum atomic E-state index is 9.56. The summed E-state index contributed by atoms with van der Waals surface area (Å²) < 4.78 is 92.0. The molecule has 0 spiro atoms. The minimum absolute atomic E-state index is 0. The molecule has 0 bridgehead atoms. The van der Waals surface area contributed by atoms with E-state index in [1.54, 1.807) is 0 Å². The second-order valence-electron chi connectivity index (χ2n) is 2.50. The van der Waals surface area contributed by atoms with Crippen molar-refractivity contribution in [3.8, 4) is 0 Å². The van der Waals surface area contributed by atoms with Gasteiger partial charge in [0.05, 0.1) is 19.8 Å². The molecule has 0 aromatic rings. The van der Waals surface area contributed by atoms with Crippen LogP contribution in [0.15, 0.2) is 0 Å². The Labute approximate surface area is 163 Å². The third kappa shape index (κ3) is 49.7. The number of rotatable bonds is 6. The van der Waals surface area contributed by atoms with E-state index in [1.807, 2.05) is 0 Å². The molecule has 12 nitrogen and oxygen atoms in total. The van der Waals surface area contributed by atoms with Gasteiger partial charge in [0.25, 0.3) is 0 Å². The maximum absolute atomic E-state index is 9.56.